The number of anilines is 1. The third-order valence-corrected chi connectivity index (χ3v) is 4.63. The van der Waals surface area contributed by atoms with Crippen molar-refractivity contribution >= 4 is 11.8 Å². The van der Waals surface area contributed by atoms with Crippen LogP contribution in [-0.2, 0) is 13.0 Å². The minimum absolute atomic E-state index is 0.376. The van der Waals surface area contributed by atoms with Crippen molar-refractivity contribution in [1.29, 1.82) is 5.26 Å². The number of rotatable bonds is 9. The second-order valence-electron chi connectivity index (χ2n) is 6.72. The Kier molecular flexibility index (Phi) is 7.44. The highest BCUT2D eigenvalue weighted by atomic mass is 15.3. The highest BCUT2D eigenvalue weighted by molar-refractivity contribution is 5.79. The van der Waals surface area contributed by atoms with E-state index in [1.807, 2.05) is 47.3 Å². The van der Waals surface area contributed by atoms with Gasteiger partial charge in [0.25, 0.3) is 0 Å². The molecule has 2 heterocycles. The summed E-state index contributed by atoms with van der Waals surface area (Å²) in [5, 5.41) is 24.8. The number of hydrogen-bond donors (Lipinski definition) is 3. The van der Waals surface area contributed by atoms with Crippen LogP contribution in [0.5, 0.6) is 0 Å². The summed E-state index contributed by atoms with van der Waals surface area (Å²) in [6, 6.07) is 13.7. The first-order chi connectivity index (χ1) is 14.7. The Morgan fingerprint density at radius 3 is 2.60 bits per heavy atom. The molecule has 2 aromatic heterocycles. The molecule has 0 fully saturated rings. The fourth-order valence-corrected chi connectivity index (χ4v) is 3.10. The number of aromatic nitrogens is 4. The van der Waals surface area contributed by atoms with Gasteiger partial charge in [-0.2, -0.15) is 15.5 Å². The summed E-state index contributed by atoms with van der Waals surface area (Å²) in [7, 11) is 1.75. The van der Waals surface area contributed by atoms with Crippen LogP contribution in [0.3, 0.4) is 0 Å². The fourth-order valence-electron chi connectivity index (χ4n) is 3.10. The molecule has 9 nitrogen and oxygen atoms in total. The van der Waals surface area contributed by atoms with Gasteiger partial charge in [-0.3, -0.25) is 9.67 Å². The molecule has 1 aromatic carbocycles. The monoisotopic (exact) mass is 405 g/mol. The van der Waals surface area contributed by atoms with Crippen LogP contribution >= 0.6 is 0 Å². The molecule has 3 aromatic rings. The summed E-state index contributed by atoms with van der Waals surface area (Å²) in [5.74, 6) is 1.13. The van der Waals surface area contributed by atoms with Crippen molar-refractivity contribution in [3.05, 3.63) is 60.0 Å². The lowest BCUT2D eigenvalue weighted by atomic mass is 10.1. The molecule has 0 amide bonds. The van der Waals surface area contributed by atoms with Crippen molar-refractivity contribution < 1.29 is 0 Å². The summed E-state index contributed by atoms with van der Waals surface area (Å²) in [6.07, 6.45) is 6.13. The topological polar surface area (TPSA) is 122 Å². The molecule has 0 radical (unpaired) electrons. The predicted molar refractivity (Wildman–Crippen MR) is 117 cm³/mol. The van der Waals surface area contributed by atoms with E-state index in [0.29, 0.717) is 30.0 Å². The van der Waals surface area contributed by atoms with Crippen LogP contribution in [0.1, 0.15) is 24.1 Å². The van der Waals surface area contributed by atoms with E-state index in [1.165, 1.54) is 0 Å². The zero-order chi connectivity index (χ0) is 21.2. The van der Waals surface area contributed by atoms with E-state index < -0.39 is 0 Å². The van der Waals surface area contributed by atoms with Crippen LogP contribution in [0.25, 0.3) is 5.69 Å². The van der Waals surface area contributed by atoms with Crippen molar-refractivity contribution in [2.45, 2.75) is 25.8 Å². The highest BCUT2D eigenvalue weighted by Gasteiger charge is 2.16. The molecule has 0 aliphatic rings. The quantitative estimate of drug-likeness (QED) is 0.283. The number of para-hydroxylation sites is 1. The van der Waals surface area contributed by atoms with Gasteiger partial charge >= 0.3 is 0 Å². The molecule has 0 aliphatic heterocycles. The number of nitriles is 1. The minimum atomic E-state index is 0.376. The average molecular weight is 406 g/mol. The van der Waals surface area contributed by atoms with Gasteiger partial charge in [-0.25, -0.2) is 4.68 Å². The lowest BCUT2D eigenvalue weighted by Crippen LogP contribution is -2.38. The molecule has 0 spiro atoms. The predicted octanol–water partition coefficient (Wildman–Crippen LogP) is 1.71. The smallest absolute Gasteiger partial charge is 0.190 e. The maximum absolute atomic E-state index is 9.50. The van der Waals surface area contributed by atoms with Gasteiger partial charge in [-0.1, -0.05) is 18.2 Å². The van der Waals surface area contributed by atoms with Crippen LogP contribution in [-0.4, -0.2) is 45.7 Å². The maximum Gasteiger partial charge on any atom is 0.190 e. The zero-order valence-corrected chi connectivity index (χ0v) is 17.1. The number of benzene rings is 1. The van der Waals surface area contributed by atoms with Gasteiger partial charge in [0.2, 0.25) is 0 Å². The minimum Gasteiger partial charge on any atom is -0.382 e. The molecule has 3 rings (SSSR count). The number of nitrogens with zero attached hydrogens (tertiary/aromatic N) is 6. The number of nitrogen functional groups attached to an aromatic ring is 1. The lowest BCUT2D eigenvalue weighted by Gasteiger charge is -2.11. The first-order valence-electron chi connectivity index (χ1n) is 9.97. The van der Waals surface area contributed by atoms with E-state index in [1.54, 1.807) is 17.9 Å². The van der Waals surface area contributed by atoms with Crippen molar-refractivity contribution in [1.82, 2.24) is 30.2 Å². The van der Waals surface area contributed by atoms with Crippen LogP contribution in [0, 0.1) is 11.3 Å². The summed E-state index contributed by atoms with van der Waals surface area (Å²) in [6.45, 7) is 2.37. The largest absolute Gasteiger partial charge is 0.382 e. The average Bonchev–Trinajstić information content (AvgIpc) is 3.40. The first kappa shape index (κ1) is 20.9. The molecule has 4 N–H and O–H groups in total. The van der Waals surface area contributed by atoms with E-state index in [0.717, 1.165) is 37.6 Å². The van der Waals surface area contributed by atoms with Crippen LogP contribution < -0.4 is 16.4 Å². The maximum atomic E-state index is 9.50. The molecule has 0 aliphatic carbocycles. The number of hydrogen-bond acceptors (Lipinski definition) is 5. The SMILES string of the molecule is CN=C(NCCCc1nn(-c2ccccc2)c(N)c1C#N)NCCCn1cccn1. The summed E-state index contributed by atoms with van der Waals surface area (Å²) < 4.78 is 3.53. The van der Waals surface area contributed by atoms with Gasteiger partial charge in [0, 0.05) is 39.1 Å². The van der Waals surface area contributed by atoms with Crippen molar-refractivity contribution in [2.24, 2.45) is 4.99 Å². The Labute approximate surface area is 176 Å². The highest BCUT2D eigenvalue weighted by Crippen LogP contribution is 2.21. The molecular formula is C21H27N9. The van der Waals surface area contributed by atoms with Crippen molar-refractivity contribution in [3.8, 4) is 11.8 Å². The zero-order valence-electron chi connectivity index (χ0n) is 17.1. The normalized spacial score (nSPS) is 11.3. The van der Waals surface area contributed by atoms with Crippen LogP contribution in [0.4, 0.5) is 5.82 Å². The van der Waals surface area contributed by atoms with Gasteiger partial charge in [-0.15, -0.1) is 0 Å². The molecule has 0 atom stereocenters. The second kappa shape index (κ2) is 10.7. The summed E-state index contributed by atoms with van der Waals surface area (Å²) in [5.41, 5.74) is 8.15. The fraction of sp³-hybridized carbons (Fsp3) is 0.333. The van der Waals surface area contributed by atoms with Gasteiger partial charge in [0.15, 0.2) is 5.96 Å². The Hall–Kier alpha value is -3.80. The Morgan fingerprint density at radius 1 is 1.17 bits per heavy atom. The number of nitrogens with two attached hydrogens (primary N) is 1. The third-order valence-electron chi connectivity index (χ3n) is 4.63. The molecule has 0 bridgehead atoms. The van der Waals surface area contributed by atoms with E-state index in [2.05, 4.69) is 31.9 Å². The molecule has 156 valence electrons. The van der Waals surface area contributed by atoms with E-state index in [-0.39, 0.29) is 0 Å². The molecule has 0 saturated heterocycles. The Bertz CT molecular complexity index is 982. The molecule has 0 saturated carbocycles. The number of nitrogens with one attached hydrogen (secondary N) is 2. The van der Waals surface area contributed by atoms with Gasteiger partial charge < -0.3 is 16.4 Å². The van der Waals surface area contributed by atoms with Crippen molar-refractivity contribution in [3.63, 3.8) is 0 Å². The molecule has 30 heavy (non-hydrogen) atoms. The van der Waals surface area contributed by atoms with E-state index >= 15 is 0 Å². The Morgan fingerprint density at radius 2 is 1.93 bits per heavy atom. The summed E-state index contributed by atoms with van der Waals surface area (Å²) in [4.78, 5) is 4.24. The van der Waals surface area contributed by atoms with Gasteiger partial charge in [0.05, 0.1) is 11.4 Å². The van der Waals surface area contributed by atoms with Crippen molar-refractivity contribution in [2.75, 3.05) is 25.9 Å². The van der Waals surface area contributed by atoms with E-state index in [4.69, 9.17) is 5.73 Å². The molecular weight excluding hydrogens is 378 g/mol. The molecule has 0 unspecified atom stereocenters. The second-order valence-corrected chi connectivity index (χ2v) is 6.72. The first-order valence-corrected chi connectivity index (χ1v) is 9.97. The van der Waals surface area contributed by atoms with Crippen LogP contribution in [0.2, 0.25) is 0 Å². The number of guanidine groups is 1. The number of aliphatic imine (C=N–C) groups is 1. The van der Waals surface area contributed by atoms with Gasteiger partial charge in [-0.05, 0) is 37.5 Å². The standard InChI is InChI=1S/C21H27N9/c1-24-21(26-12-6-14-29-15-7-13-27-29)25-11-5-10-19-18(16-22)20(23)30(28-19)17-8-3-2-4-9-17/h2-4,7-9,13,15H,5-6,10-12,14,23H2,1H3,(H2,24,25,26). The van der Waals surface area contributed by atoms with Gasteiger partial charge in [0.1, 0.15) is 17.5 Å². The Balaban J connectivity index is 1.46. The lowest BCUT2D eigenvalue weighted by molar-refractivity contribution is 0.570. The van der Waals surface area contributed by atoms with E-state index in [9.17, 15) is 5.26 Å². The van der Waals surface area contributed by atoms with Crippen LogP contribution in [0.15, 0.2) is 53.8 Å². The third kappa shape index (κ3) is 5.38. The molecule has 9 heteroatoms. The number of aryl methyl sites for hydroxylation is 2. The summed E-state index contributed by atoms with van der Waals surface area (Å²) >= 11 is 0.